The summed E-state index contributed by atoms with van der Waals surface area (Å²) in [6.07, 6.45) is 0.867. The Hall–Kier alpha value is -2.23. The van der Waals surface area contributed by atoms with Crippen molar-refractivity contribution in [2.45, 2.75) is 39.7 Å². The molecule has 112 valence electrons. The number of aryl methyl sites for hydroxylation is 3. The fourth-order valence-electron chi connectivity index (χ4n) is 2.44. The van der Waals surface area contributed by atoms with E-state index < -0.39 is 0 Å². The molecule has 0 radical (unpaired) electrons. The molecule has 4 nitrogen and oxygen atoms in total. The van der Waals surface area contributed by atoms with Crippen LogP contribution < -0.4 is 5.32 Å². The number of carbonyl (C=O) groups excluding carboxylic acids is 1. The van der Waals surface area contributed by atoms with Gasteiger partial charge >= 0.3 is 0 Å². The maximum atomic E-state index is 12.0. The summed E-state index contributed by atoms with van der Waals surface area (Å²) in [4.78, 5) is 12.0. The van der Waals surface area contributed by atoms with Crippen LogP contribution in [-0.2, 0) is 11.2 Å². The van der Waals surface area contributed by atoms with Gasteiger partial charge in [0.15, 0.2) is 0 Å². The Kier molecular flexibility index (Phi) is 4.68. The third kappa shape index (κ3) is 3.88. The number of para-hydroxylation sites is 1. The zero-order valence-corrected chi connectivity index (χ0v) is 12.6. The summed E-state index contributed by atoms with van der Waals surface area (Å²) in [7, 11) is 0. The van der Waals surface area contributed by atoms with Gasteiger partial charge in [-0.1, -0.05) is 18.2 Å². The Labute approximate surface area is 124 Å². The number of aromatic hydroxyl groups is 1. The average molecular weight is 287 g/mol. The molecule has 0 unspecified atom stereocenters. The Morgan fingerprint density at radius 2 is 2.05 bits per heavy atom. The third-order valence-electron chi connectivity index (χ3n) is 3.54. The second-order valence-electron chi connectivity index (χ2n) is 5.29. The van der Waals surface area contributed by atoms with Crippen molar-refractivity contribution in [2.75, 3.05) is 0 Å². The van der Waals surface area contributed by atoms with E-state index in [1.54, 1.807) is 12.1 Å². The van der Waals surface area contributed by atoms with E-state index in [4.69, 9.17) is 4.42 Å². The van der Waals surface area contributed by atoms with Crippen LogP contribution in [0.4, 0.5) is 0 Å². The van der Waals surface area contributed by atoms with Crippen LogP contribution in [0.3, 0.4) is 0 Å². The first kappa shape index (κ1) is 15.2. The highest BCUT2D eigenvalue weighted by atomic mass is 16.3. The van der Waals surface area contributed by atoms with Crippen LogP contribution in [0.5, 0.6) is 5.75 Å². The molecule has 0 fully saturated rings. The third-order valence-corrected chi connectivity index (χ3v) is 3.54. The molecule has 0 aliphatic carbocycles. The molecule has 4 heteroatoms. The van der Waals surface area contributed by atoms with Gasteiger partial charge in [0.1, 0.15) is 17.3 Å². The summed E-state index contributed by atoms with van der Waals surface area (Å²) in [5.41, 5.74) is 1.79. The van der Waals surface area contributed by atoms with Crippen molar-refractivity contribution in [3.63, 3.8) is 0 Å². The number of rotatable bonds is 5. The van der Waals surface area contributed by atoms with Crippen molar-refractivity contribution < 1.29 is 14.3 Å². The van der Waals surface area contributed by atoms with E-state index in [0.717, 1.165) is 22.6 Å². The first-order valence-corrected chi connectivity index (χ1v) is 7.10. The van der Waals surface area contributed by atoms with Gasteiger partial charge in [-0.25, -0.2) is 0 Å². The van der Waals surface area contributed by atoms with Crippen molar-refractivity contribution in [3.8, 4) is 5.75 Å². The minimum atomic E-state index is -0.0840. The lowest BCUT2D eigenvalue weighted by atomic mass is 10.1. The summed E-state index contributed by atoms with van der Waals surface area (Å²) in [6, 6.07) is 8.95. The van der Waals surface area contributed by atoms with Crippen LogP contribution in [0.2, 0.25) is 0 Å². The van der Waals surface area contributed by atoms with Gasteiger partial charge in [-0.15, -0.1) is 0 Å². The number of nitrogens with one attached hydrogen (secondary N) is 1. The van der Waals surface area contributed by atoms with Crippen LogP contribution >= 0.6 is 0 Å². The van der Waals surface area contributed by atoms with Gasteiger partial charge < -0.3 is 14.8 Å². The summed E-state index contributed by atoms with van der Waals surface area (Å²) in [5, 5.41) is 12.6. The molecule has 0 bridgehead atoms. The van der Waals surface area contributed by atoms with Crippen molar-refractivity contribution >= 4 is 5.91 Å². The van der Waals surface area contributed by atoms with Crippen LogP contribution in [0.15, 0.2) is 34.7 Å². The van der Waals surface area contributed by atoms with Crippen molar-refractivity contribution in [3.05, 3.63) is 53.0 Å². The van der Waals surface area contributed by atoms with E-state index in [1.165, 1.54) is 0 Å². The molecular weight excluding hydrogens is 266 g/mol. The molecule has 0 aliphatic heterocycles. The number of hydrogen-bond donors (Lipinski definition) is 2. The zero-order chi connectivity index (χ0) is 15.4. The Morgan fingerprint density at radius 1 is 1.33 bits per heavy atom. The minimum absolute atomic E-state index is 0.0380. The molecule has 1 aromatic heterocycles. The van der Waals surface area contributed by atoms with Gasteiger partial charge in [0.05, 0.1) is 6.04 Å². The normalized spacial score (nSPS) is 12.1. The number of carbonyl (C=O) groups is 1. The van der Waals surface area contributed by atoms with E-state index in [0.29, 0.717) is 12.8 Å². The monoisotopic (exact) mass is 287 g/mol. The van der Waals surface area contributed by atoms with E-state index in [1.807, 2.05) is 39.0 Å². The lowest BCUT2D eigenvalue weighted by Gasteiger charge is -2.13. The second-order valence-corrected chi connectivity index (χ2v) is 5.29. The molecule has 1 heterocycles. The van der Waals surface area contributed by atoms with E-state index in [2.05, 4.69) is 5.32 Å². The topological polar surface area (TPSA) is 62.5 Å². The van der Waals surface area contributed by atoms with Crippen molar-refractivity contribution in [1.29, 1.82) is 0 Å². The van der Waals surface area contributed by atoms with E-state index in [9.17, 15) is 9.90 Å². The highest BCUT2D eigenvalue weighted by molar-refractivity contribution is 5.76. The fraction of sp³-hybridized carbons (Fsp3) is 0.353. The number of furan rings is 1. The maximum absolute atomic E-state index is 12.0. The summed E-state index contributed by atoms with van der Waals surface area (Å²) in [6.45, 7) is 5.73. The van der Waals surface area contributed by atoms with Gasteiger partial charge in [0.2, 0.25) is 5.91 Å². The molecule has 2 N–H and O–H groups in total. The highest BCUT2D eigenvalue weighted by Crippen LogP contribution is 2.22. The highest BCUT2D eigenvalue weighted by Gasteiger charge is 2.15. The molecule has 21 heavy (non-hydrogen) atoms. The summed E-state index contributed by atoms with van der Waals surface area (Å²) >= 11 is 0. The number of phenolic OH excluding ortho intramolecular Hbond substituents is 1. The SMILES string of the molecule is Cc1cc([C@@H](C)NC(=O)CCc2ccccc2O)c(C)o1. The predicted octanol–water partition coefficient (Wildman–Crippen LogP) is 3.41. The number of benzene rings is 1. The Morgan fingerprint density at radius 3 is 2.67 bits per heavy atom. The van der Waals surface area contributed by atoms with Crippen LogP contribution in [0.25, 0.3) is 0 Å². The van der Waals surface area contributed by atoms with Crippen molar-refractivity contribution in [2.24, 2.45) is 0 Å². The smallest absolute Gasteiger partial charge is 0.220 e. The molecule has 0 aliphatic rings. The average Bonchev–Trinajstić information content (AvgIpc) is 2.77. The van der Waals surface area contributed by atoms with Crippen LogP contribution in [0, 0.1) is 13.8 Å². The van der Waals surface area contributed by atoms with Gasteiger partial charge in [0.25, 0.3) is 0 Å². The molecule has 1 atom stereocenters. The molecule has 0 saturated carbocycles. The summed E-state index contributed by atoms with van der Waals surface area (Å²) in [5.74, 6) is 1.88. The zero-order valence-electron chi connectivity index (χ0n) is 12.6. The molecule has 1 amide bonds. The van der Waals surface area contributed by atoms with Crippen LogP contribution in [0.1, 0.15) is 42.0 Å². The summed E-state index contributed by atoms with van der Waals surface area (Å²) < 4.78 is 5.48. The number of phenols is 1. The Bertz CT molecular complexity index is 631. The molecule has 0 saturated heterocycles. The van der Waals surface area contributed by atoms with Gasteiger partial charge in [-0.05, 0) is 44.9 Å². The lowest BCUT2D eigenvalue weighted by molar-refractivity contribution is -0.121. The molecule has 2 rings (SSSR count). The van der Waals surface area contributed by atoms with E-state index in [-0.39, 0.29) is 17.7 Å². The maximum Gasteiger partial charge on any atom is 0.220 e. The van der Waals surface area contributed by atoms with Crippen molar-refractivity contribution in [1.82, 2.24) is 5.32 Å². The Balaban J connectivity index is 1.90. The van der Waals surface area contributed by atoms with Gasteiger partial charge in [-0.3, -0.25) is 4.79 Å². The number of hydrogen-bond acceptors (Lipinski definition) is 3. The van der Waals surface area contributed by atoms with E-state index >= 15 is 0 Å². The quantitative estimate of drug-likeness (QED) is 0.885. The predicted molar refractivity (Wildman–Crippen MR) is 81.2 cm³/mol. The van der Waals surface area contributed by atoms with Crippen LogP contribution in [-0.4, -0.2) is 11.0 Å². The first-order chi connectivity index (χ1) is 9.97. The number of amides is 1. The molecule has 0 spiro atoms. The molecular formula is C17H21NO3. The lowest BCUT2D eigenvalue weighted by Crippen LogP contribution is -2.26. The largest absolute Gasteiger partial charge is 0.508 e. The molecule has 1 aromatic carbocycles. The minimum Gasteiger partial charge on any atom is -0.508 e. The standard InChI is InChI=1S/C17H21NO3/c1-11-10-15(13(3)21-11)12(2)18-17(20)9-8-14-6-4-5-7-16(14)19/h4-7,10,12,19H,8-9H2,1-3H3,(H,18,20)/t12-/m1/s1. The van der Waals surface area contributed by atoms with Gasteiger partial charge in [-0.2, -0.15) is 0 Å². The first-order valence-electron chi connectivity index (χ1n) is 7.10. The second kappa shape index (κ2) is 6.48. The fourth-order valence-corrected chi connectivity index (χ4v) is 2.44. The molecule has 2 aromatic rings. The van der Waals surface area contributed by atoms with Gasteiger partial charge in [0, 0.05) is 12.0 Å².